The van der Waals surface area contributed by atoms with E-state index in [0.717, 1.165) is 5.69 Å². The zero-order valence-electron chi connectivity index (χ0n) is 12.8. The molecule has 114 valence electrons. The molecule has 0 saturated carbocycles. The Labute approximate surface area is 129 Å². The molecule has 0 unspecified atom stereocenters. The largest absolute Gasteiger partial charge is 0.343 e. The Morgan fingerprint density at radius 2 is 1.73 bits per heavy atom. The molecule has 0 aliphatic rings. The van der Waals surface area contributed by atoms with E-state index in [2.05, 4.69) is 10.3 Å². The summed E-state index contributed by atoms with van der Waals surface area (Å²) in [7, 11) is 4.98. The first kappa shape index (κ1) is 15.5. The molecule has 6 heteroatoms. The van der Waals surface area contributed by atoms with E-state index in [1.165, 1.54) is 16.0 Å². The molecule has 0 aliphatic carbocycles. The number of benzene rings is 1. The summed E-state index contributed by atoms with van der Waals surface area (Å²) in [5, 5.41) is 2.75. The topological polar surface area (TPSA) is 65.5 Å². The molecule has 22 heavy (non-hydrogen) atoms. The third-order valence-electron chi connectivity index (χ3n) is 3.08. The first-order chi connectivity index (χ1) is 10.5. The summed E-state index contributed by atoms with van der Waals surface area (Å²) in [6, 6.07) is 12.2. The van der Waals surface area contributed by atoms with Crippen LogP contribution >= 0.6 is 0 Å². The molecule has 1 heterocycles. The molecule has 0 atom stereocenters. The highest BCUT2D eigenvalue weighted by Gasteiger charge is 2.13. The van der Waals surface area contributed by atoms with Gasteiger partial charge in [-0.2, -0.15) is 0 Å². The number of amides is 3. The number of aromatic nitrogens is 1. The molecule has 0 fully saturated rings. The first-order valence-corrected chi connectivity index (χ1v) is 6.76. The van der Waals surface area contributed by atoms with Crippen LogP contribution in [0.2, 0.25) is 0 Å². The van der Waals surface area contributed by atoms with E-state index in [-0.39, 0.29) is 17.6 Å². The van der Waals surface area contributed by atoms with E-state index < -0.39 is 0 Å². The fourth-order valence-electron chi connectivity index (χ4n) is 1.83. The fourth-order valence-corrected chi connectivity index (χ4v) is 1.83. The molecular weight excluding hydrogens is 280 g/mol. The summed E-state index contributed by atoms with van der Waals surface area (Å²) >= 11 is 0. The van der Waals surface area contributed by atoms with E-state index in [4.69, 9.17) is 0 Å². The number of nitrogens with zero attached hydrogens (tertiary/aromatic N) is 3. The molecule has 0 spiro atoms. The van der Waals surface area contributed by atoms with Crippen molar-refractivity contribution in [1.82, 2.24) is 9.88 Å². The molecular formula is C16H18N4O2. The van der Waals surface area contributed by atoms with Crippen LogP contribution in [0.25, 0.3) is 0 Å². The molecule has 2 rings (SSSR count). The number of para-hydroxylation sites is 1. The maximum atomic E-state index is 12.2. The average molecular weight is 298 g/mol. The van der Waals surface area contributed by atoms with Crippen LogP contribution in [-0.2, 0) is 0 Å². The van der Waals surface area contributed by atoms with Crippen molar-refractivity contribution in [2.24, 2.45) is 0 Å². The molecule has 1 N–H and O–H groups in total. The Balaban J connectivity index is 2.12. The molecule has 2 aromatic rings. The summed E-state index contributed by atoms with van der Waals surface area (Å²) in [6.07, 6.45) is 1.49. The lowest BCUT2D eigenvalue weighted by Crippen LogP contribution is -2.31. The summed E-state index contributed by atoms with van der Waals surface area (Å²) in [5.41, 5.74) is 1.58. The van der Waals surface area contributed by atoms with Gasteiger partial charge in [-0.15, -0.1) is 0 Å². The van der Waals surface area contributed by atoms with E-state index >= 15 is 0 Å². The van der Waals surface area contributed by atoms with Gasteiger partial charge in [-0.05, 0) is 24.3 Å². The van der Waals surface area contributed by atoms with Crippen LogP contribution in [0, 0.1) is 0 Å². The monoisotopic (exact) mass is 298 g/mol. The number of urea groups is 1. The number of rotatable bonds is 3. The van der Waals surface area contributed by atoms with Gasteiger partial charge < -0.3 is 10.2 Å². The van der Waals surface area contributed by atoms with E-state index in [1.807, 2.05) is 30.3 Å². The SMILES string of the molecule is CN(C)C(=O)c1cc(NC(=O)N(C)c2ccccc2)ccn1. The Bertz CT molecular complexity index is 671. The molecule has 6 nitrogen and oxygen atoms in total. The van der Waals surface area contributed by atoms with Crippen LogP contribution in [0.15, 0.2) is 48.7 Å². The van der Waals surface area contributed by atoms with Gasteiger partial charge in [-0.25, -0.2) is 4.79 Å². The van der Waals surface area contributed by atoms with Crippen molar-refractivity contribution < 1.29 is 9.59 Å². The van der Waals surface area contributed by atoms with Crippen molar-refractivity contribution in [1.29, 1.82) is 0 Å². The number of pyridine rings is 1. The standard InChI is InChI=1S/C16H18N4O2/c1-19(2)15(21)14-11-12(9-10-17-14)18-16(22)20(3)13-7-5-4-6-8-13/h4-11H,1-3H3,(H,17,18,22). The van der Waals surface area contributed by atoms with Gasteiger partial charge in [0.25, 0.3) is 5.91 Å². The third-order valence-corrected chi connectivity index (χ3v) is 3.08. The zero-order chi connectivity index (χ0) is 16.1. The minimum atomic E-state index is -0.291. The van der Waals surface area contributed by atoms with Gasteiger partial charge in [-0.3, -0.25) is 14.7 Å². The van der Waals surface area contributed by atoms with E-state index in [1.54, 1.807) is 33.3 Å². The molecule has 0 radical (unpaired) electrons. The Kier molecular flexibility index (Phi) is 4.73. The molecule has 0 saturated heterocycles. The van der Waals surface area contributed by atoms with Gasteiger partial charge in [0.15, 0.2) is 0 Å². The van der Waals surface area contributed by atoms with Crippen molar-refractivity contribution in [3.05, 3.63) is 54.4 Å². The summed E-state index contributed by atoms with van der Waals surface area (Å²) in [4.78, 5) is 31.0. The van der Waals surface area contributed by atoms with Crippen LogP contribution < -0.4 is 10.2 Å². The molecule has 1 aromatic heterocycles. The quantitative estimate of drug-likeness (QED) is 0.946. The summed E-state index contributed by atoms with van der Waals surface area (Å²) < 4.78 is 0. The lowest BCUT2D eigenvalue weighted by molar-refractivity contribution is 0.0822. The predicted octanol–water partition coefficient (Wildman–Crippen LogP) is 2.45. The minimum absolute atomic E-state index is 0.215. The van der Waals surface area contributed by atoms with Gasteiger partial charge in [0.1, 0.15) is 5.69 Å². The van der Waals surface area contributed by atoms with E-state index in [0.29, 0.717) is 5.69 Å². The van der Waals surface area contributed by atoms with Gasteiger partial charge >= 0.3 is 6.03 Å². The van der Waals surface area contributed by atoms with Gasteiger partial charge in [-0.1, -0.05) is 18.2 Å². The fraction of sp³-hybridized carbons (Fsp3) is 0.188. The van der Waals surface area contributed by atoms with Crippen molar-refractivity contribution >= 4 is 23.3 Å². The number of carbonyl (C=O) groups excluding carboxylic acids is 2. The number of hydrogen-bond donors (Lipinski definition) is 1. The van der Waals surface area contributed by atoms with Crippen LogP contribution in [0.1, 0.15) is 10.5 Å². The molecule has 0 bridgehead atoms. The Morgan fingerprint density at radius 1 is 1.05 bits per heavy atom. The summed E-state index contributed by atoms with van der Waals surface area (Å²) in [6.45, 7) is 0. The lowest BCUT2D eigenvalue weighted by atomic mass is 10.3. The number of nitrogens with one attached hydrogen (secondary N) is 1. The Morgan fingerprint density at radius 3 is 2.36 bits per heavy atom. The second kappa shape index (κ2) is 6.71. The van der Waals surface area contributed by atoms with Gasteiger partial charge in [0, 0.05) is 38.7 Å². The first-order valence-electron chi connectivity index (χ1n) is 6.76. The lowest BCUT2D eigenvalue weighted by Gasteiger charge is -2.18. The van der Waals surface area contributed by atoms with Crippen LogP contribution in [-0.4, -0.2) is 43.0 Å². The Hall–Kier alpha value is -2.89. The van der Waals surface area contributed by atoms with Crippen molar-refractivity contribution in [3.63, 3.8) is 0 Å². The van der Waals surface area contributed by atoms with Crippen LogP contribution in [0.4, 0.5) is 16.2 Å². The van der Waals surface area contributed by atoms with Crippen molar-refractivity contribution in [2.75, 3.05) is 31.4 Å². The molecule has 0 aliphatic heterocycles. The molecule has 1 aromatic carbocycles. The maximum Gasteiger partial charge on any atom is 0.326 e. The average Bonchev–Trinajstić information content (AvgIpc) is 2.54. The maximum absolute atomic E-state index is 12.2. The minimum Gasteiger partial charge on any atom is -0.343 e. The predicted molar refractivity (Wildman–Crippen MR) is 86.1 cm³/mol. The van der Waals surface area contributed by atoms with Gasteiger partial charge in [0.05, 0.1) is 0 Å². The second-order valence-electron chi connectivity index (χ2n) is 4.95. The van der Waals surface area contributed by atoms with Gasteiger partial charge in [0.2, 0.25) is 0 Å². The number of hydrogen-bond acceptors (Lipinski definition) is 3. The highest BCUT2D eigenvalue weighted by atomic mass is 16.2. The number of anilines is 2. The third kappa shape index (κ3) is 3.60. The van der Waals surface area contributed by atoms with Crippen LogP contribution in [0.5, 0.6) is 0 Å². The van der Waals surface area contributed by atoms with E-state index in [9.17, 15) is 9.59 Å². The zero-order valence-corrected chi connectivity index (χ0v) is 12.8. The smallest absolute Gasteiger partial charge is 0.326 e. The highest BCUT2D eigenvalue weighted by Crippen LogP contribution is 2.14. The van der Waals surface area contributed by atoms with Crippen LogP contribution in [0.3, 0.4) is 0 Å². The normalized spacial score (nSPS) is 9.95. The molecule has 3 amide bonds. The number of carbonyl (C=O) groups is 2. The second-order valence-corrected chi connectivity index (χ2v) is 4.95. The van der Waals surface area contributed by atoms with Crippen molar-refractivity contribution in [3.8, 4) is 0 Å². The van der Waals surface area contributed by atoms with Crippen molar-refractivity contribution in [2.45, 2.75) is 0 Å². The highest BCUT2D eigenvalue weighted by molar-refractivity contribution is 6.02. The summed E-state index contributed by atoms with van der Waals surface area (Å²) in [5.74, 6) is -0.215.